The van der Waals surface area contributed by atoms with E-state index in [1.165, 1.54) is 4.90 Å². The molecule has 2 aromatic heterocycles. The molecule has 1 aliphatic heterocycles. The molecule has 1 atom stereocenters. The number of pyridine rings is 1. The highest BCUT2D eigenvalue weighted by molar-refractivity contribution is 9.10. The van der Waals surface area contributed by atoms with Gasteiger partial charge in [-0.1, -0.05) is 28.1 Å². The van der Waals surface area contributed by atoms with Gasteiger partial charge in [0.1, 0.15) is 17.2 Å². The summed E-state index contributed by atoms with van der Waals surface area (Å²) >= 11 is 3.42. The van der Waals surface area contributed by atoms with E-state index in [9.17, 15) is 9.59 Å². The van der Waals surface area contributed by atoms with Gasteiger partial charge in [-0.05, 0) is 67.4 Å². The lowest BCUT2D eigenvalue weighted by Crippen LogP contribution is -2.30. The van der Waals surface area contributed by atoms with Crippen LogP contribution in [-0.2, 0) is 0 Å². The van der Waals surface area contributed by atoms with Crippen LogP contribution in [0.15, 0.2) is 74.5 Å². The van der Waals surface area contributed by atoms with Crippen LogP contribution in [0.4, 0.5) is 5.82 Å². The summed E-state index contributed by atoms with van der Waals surface area (Å²) in [7, 11) is 0. The number of carbonyl (C=O) groups is 1. The first kappa shape index (κ1) is 20.5. The number of aromatic nitrogens is 1. The van der Waals surface area contributed by atoms with E-state index in [4.69, 9.17) is 9.15 Å². The Bertz CT molecular complexity index is 1410. The Morgan fingerprint density at radius 3 is 2.59 bits per heavy atom. The summed E-state index contributed by atoms with van der Waals surface area (Å²) in [5.41, 5.74) is 2.18. The summed E-state index contributed by atoms with van der Waals surface area (Å²) in [6, 6.07) is 15.6. The topological polar surface area (TPSA) is 72.6 Å². The van der Waals surface area contributed by atoms with Gasteiger partial charge in [0.25, 0.3) is 5.91 Å². The predicted octanol–water partition coefficient (Wildman–Crippen LogP) is 5.41. The van der Waals surface area contributed by atoms with Crippen LogP contribution in [0.5, 0.6) is 5.75 Å². The van der Waals surface area contributed by atoms with Crippen LogP contribution in [0.25, 0.3) is 11.0 Å². The molecule has 4 aromatic rings. The van der Waals surface area contributed by atoms with E-state index < -0.39 is 6.04 Å². The molecule has 7 heteroatoms. The van der Waals surface area contributed by atoms with Crippen molar-refractivity contribution in [2.75, 3.05) is 11.5 Å². The third-order valence-corrected chi connectivity index (χ3v) is 5.98. The number of hydrogen-bond donors (Lipinski definition) is 0. The minimum absolute atomic E-state index is 0.0482. The summed E-state index contributed by atoms with van der Waals surface area (Å²) in [5.74, 6) is 0.839. The summed E-state index contributed by atoms with van der Waals surface area (Å²) in [6.45, 7) is 4.40. The van der Waals surface area contributed by atoms with Gasteiger partial charge in [0, 0.05) is 10.7 Å². The molecule has 0 fully saturated rings. The molecule has 6 nitrogen and oxygen atoms in total. The van der Waals surface area contributed by atoms with E-state index >= 15 is 0 Å². The maximum absolute atomic E-state index is 13.6. The lowest BCUT2D eigenvalue weighted by atomic mass is 9.98. The highest BCUT2D eigenvalue weighted by Crippen LogP contribution is 2.41. The van der Waals surface area contributed by atoms with Crippen LogP contribution in [0.3, 0.4) is 0 Å². The van der Waals surface area contributed by atoms with E-state index in [-0.39, 0.29) is 17.1 Å². The highest BCUT2D eigenvalue weighted by atomic mass is 79.9. The van der Waals surface area contributed by atoms with E-state index in [1.807, 2.05) is 50.2 Å². The molecular weight excluding hydrogens is 472 g/mol. The Morgan fingerprint density at radius 1 is 1.09 bits per heavy atom. The minimum atomic E-state index is -0.665. The Kier molecular flexibility index (Phi) is 5.06. The summed E-state index contributed by atoms with van der Waals surface area (Å²) < 4.78 is 12.3. The average Bonchev–Trinajstić information content (AvgIpc) is 3.08. The fourth-order valence-corrected chi connectivity index (χ4v) is 4.42. The highest BCUT2D eigenvalue weighted by Gasteiger charge is 2.44. The van der Waals surface area contributed by atoms with Crippen LogP contribution in [0, 0.1) is 6.92 Å². The molecule has 1 amide bonds. The number of ether oxygens (including phenoxy) is 1. The van der Waals surface area contributed by atoms with Gasteiger partial charge < -0.3 is 9.15 Å². The molecule has 1 unspecified atom stereocenters. The van der Waals surface area contributed by atoms with Gasteiger partial charge in [0.2, 0.25) is 5.76 Å². The normalized spacial score (nSPS) is 15.3. The van der Waals surface area contributed by atoms with Gasteiger partial charge in [-0.15, -0.1) is 0 Å². The standard InChI is InChI=1S/C25H19BrN2O4/c1-3-31-17-7-4-15(5-8-17)22-21-23(29)18-13-16(26)6-9-19(18)32-24(21)25(30)28(22)20-12-14(2)10-11-27-20/h4-13,22H,3H2,1-2H3. The summed E-state index contributed by atoms with van der Waals surface area (Å²) in [6.07, 6.45) is 1.65. The van der Waals surface area contributed by atoms with Crippen molar-refractivity contribution in [3.63, 3.8) is 0 Å². The molecule has 0 N–H and O–H groups in total. The first-order valence-electron chi connectivity index (χ1n) is 10.2. The maximum atomic E-state index is 13.6. The predicted molar refractivity (Wildman–Crippen MR) is 125 cm³/mol. The van der Waals surface area contributed by atoms with Crippen LogP contribution in [-0.4, -0.2) is 17.5 Å². The van der Waals surface area contributed by atoms with E-state index in [2.05, 4.69) is 20.9 Å². The van der Waals surface area contributed by atoms with Crippen molar-refractivity contribution in [1.29, 1.82) is 0 Å². The molecule has 160 valence electrons. The zero-order valence-electron chi connectivity index (χ0n) is 17.5. The quantitative estimate of drug-likeness (QED) is 0.382. The van der Waals surface area contributed by atoms with Gasteiger partial charge in [-0.25, -0.2) is 4.98 Å². The van der Waals surface area contributed by atoms with Gasteiger partial charge in [-0.2, -0.15) is 0 Å². The van der Waals surface area contributed by atoms with Crippen molar-refractivity contribution in [2.45, 2.75) is 19.9 Å². The Morgan fingerprint density at radius 2 is 1.88 bits per heavy atom. The van der Waals surface area contributed by atoms with Crippen molar-refractivity contribution in [2.24, 2.45) is 0 Å². The number of nitrogens with zero attached hydrogens (tertiary/aromatic N) is 2. The monoisotopic (exact) mass is 490 g/mol. The number of halogens is 1. The van der Waals surface area contributed by atoms with Crippen molar-refractivity contribution in [3.8, 4) is 5.75 Å². The molecule has 0 bridgehead atoms. The van der Waals surface area contributed by atoms with E-state index in [0.717, 1.165) is 21.3 Å². The number of benzene rings is 2. The number of amides is 1. The molecule has 0 aliphatic carbocycles. The second-order valence-electron chi connectivity index (χ2n) is 7.59. The summed E-state index contributed by atoms with van der Waals surface area (Å²) in [5, 5.41) is 0.418. The van der Waals surface area contributed by atoms with Gasteiger partial charge in [0.05, 0.1) is 23.6 Å². The maximum Gasteiger partial charge on any atom is 0.296 e. The first-order chi connectivity index (χ1) is 15.5. The molecule has 0 spiro atoms. The second kappa shape index (κ2) is 7.91. The van der Waals surface area contributed by atoms with Crippen molar-refractivity contribution in [3.05, 3.63) is 97.9 Å². The third kappa shape index (κ3) is 3.29. The molecule has 2 aromatic carbocycles. The Hall–Kier alpha value is -3.45. The average molecular weight is 491 g/mol. The van der Waals surface area contributed by atoms with Crippen LogP contribution < -0.4 is 15.1 Å². The van der Waals surface area contributed by atoms with Crippen molar-refractivity contribution in [1.82, 2.24) is 4.98 Å². The van der Waals surface area contributed by atoms with Gasteiger partial charge in [-0.3, -0.25) is 14.5 Å². The zero-order chi connectivity index (χ0) is 22.4. The number of fused-ring (bicyclic) bond motifs is 2. The second-order valence-corrected chi connectivity index (χ2v) is 8.50. The number of hydrogen-bond acceptors (Lipinski definition) is 5. The molecule has 0 saturated heterocycles. The van der Waals surface area contributed by atoms with Crippen molar-refractivity contribution >= 4 is 38.6 Å². The molecule has 3 heterocycles. The smallest absolute Gasteiger partial charge is 0.296 e. The lowest BCUT2D eigenvalue weighted by molar-refractivity contribution is 0.0970. The SMILES string of the molecule is CCOc1ccc(C2c3c(oc4ccc(Br)cc4c3=O)C(=O)N2c2cc(C)ccn2)cc1. The van der Waals surface area contributed by atoms with Gasteiger partial charge in [0.15, 0.2) is 5.43 Å². The molecule has 0 radical (unpaired) electrons. The van der Waals surface area contributed by atoms with Crippen LogP contribution in [0.1, 0.15) is 40.2 Å². The zero-order valence-corrected chi connectivity index (χ0v) is 19.0. The van der Waals surface area contributed by atoms with E-state index in [1.54, 1.807) is 24.4 Å². The Balaban J connectivity index is 1.77. The fourth-order valence-electron chi connectivity index (χ4n) is 4.06. The fraction of sp³-hybridized carbons (Fsp3) is 0.160. The molecular formula is C25H19BrN2O4. The number of aryl methyl sites for hydroxylation is 1. The number of carbonyl (C=O) groups excluding carboxylic acids is 1. The summed E-state index contributed by atoms with van der Waals surface area (Å²) in [4.78, 5) is 33.1. The number of rotatable bonds is 4. The third-order valence-electron chi connectivity index (χ3n) is 5.49. The minimum Gasteiger partial charge on any atom is -0.494 e. The van der Waals surface area contributed by atoms with Crippen LogP contribution >= 0.6 is 15.9 Å². The van der Waals surface area contributed by atoms with Crippen LogP contribution in [0.2, 0.25) is 0 Å². The van der Waals surface area contributed by atoms with Crippen molar-refractivity contribution < 1.29 is 13.9 Å². The molecule has 5 rings (SSSR count). The van der Waals surface area contributed by atoms with E-state index in [0.29, 0.717) is 29.0 Å². The van der Waals surface area contributed by atoms with Gasteiger partial charge >= 0.3 is 0 Å². The molecule has 0 saturated carbocycles. The Labute approximate surface area is 192 Å². The first-order valence-corrected chi connectivity index (χ1v) is 11.0. The molecule has 32 heavy (non-hydrogen) atoms. The number of anilines is 1. The largest absolute Gasteiger partial charge is 0.494 e. The lowest BCUT2D eigenvalue weighted by Gasteiger charge is -2.24. The molecule has 1 aliphatic rings.